The molecule has 4 rings (SSSR count). The van der Waals surface area contributed by atoms with Crippen LogP contribution in [0, 0.1) is 11.8 Å². The van der Waals surface area contributed by atoms with E-state index in [1.807, 2.05) is 0 Å². The van der Waals surface area contributed by atoms with Crippen LogP contribution in [-0.2, 0) is 15.2 Å². The lowest BCUT2D eigenvalue weighted by Crippen LogP contribution is -2.65. The monoisotopic (exact) mass is 576 g/mol. The average Bonchev–Trinajstić information content (AvgIpc) is 2.73. The minimum atomic E-state index is -4.61. The minimum Gasteiger partial charge on any atom is -0.510 e. The molecule has 0 saturated heterocycles. The number of hydrogen-bond donors (Lipinski definition) is 10. The molecule has 3 aliphatic rings. The number of fused-ring (bicyclic) bond motifs is 3. The number of Topliss-reactive ketones (excluding diaryl/α,β-unsaturated/α-hetero) is 2. The van der Waals surface area contributed by atoms with E-state index in [9.17, 15) is 39.9 Å². The van der Waals surface area contributed by atoms with E-state index in [1.54, 1.807) is 0 Å². The van der Waals surface area contributed by atoms with Crippen molar-refractivity contribution in [2.75, 3.05) is 14.1 Å². The van der Waals surface area contributed by atoms with E-state index in [-0.39, 0.29) is 30.0 Å². The van der Waals surface area contributed by atoms with E-state index in [0.717, 1.165) is 0 Å². The Balaban J connectivity index is 0.000000774. The van der Waals surface area contributed by atoms with Gasteiger partial charge in [0.25, 0.3) is 5.91 Å². The molecule has 16 heteroatoms. The van der Waals surface area contributed by atoms with Crippen LogP contribution in [0.5, 0.6) is 5.75 Å². The molecule has 0 aromatic heterocycles. The highest BCUT2D eigenvalue weighted by Gasteiger charge is 2.65. The fourth-order valence-electron chi connectivity index (χ4n) is 5.51. The Hall–Kier alpha value is -2.86. The van der Waals surface area contributed by atoms with E-state index < -0.39 is 84.0 Å². The summed E-state index contributed by atoms with van der Waals surface area (Å²) in [5.41, 5.74) is -0.654. The van der Waals surface area contributed by atoms with E-state index in [4.69, 9.17) is 24.9 Å². The summed E-state index contributed by atoms with van der Waals surface area (Å²) in [6.07, 6.45) is -0.200. The number of aliphatic hydroxyl groups is 4. The standard InChI is InChI=1S/C22H24N2O8.ClH.H4O4Si/c1-21(31)8-5-4-6-11(25)12(8)16(26)13-9(21)7-10-15(24(2)3)17(27)14(20(23)30)19(29)22(10,32)18(13)28;;1-5(2,3)4/h4-6,9-10,15,25,27-28,31-32H,7H2,1-3H3,(H2,23,30);1H;1-4H/t9-,10-,15-,21+,22-;;/m0../s1. The van der Waals surface area contributed by atoms with Crippen LogP contribution in [0.15, 0.2) is 40.9 Å². The van der Waals surface area contributed by atoms with Crippen LogP contribution in [0.25, 0.3) is 0 Å². The number of primary amides is 1. The summed E-state index contributed by atoms with van der Waals surface area (Å²) in [6, 6.07) is 3.05. The first kappa shape index (κ1) is 31.4. The zero-order chi connectivity index (χ0) is 28.4. The van der Waals surface area contributed by atoms with Gasteiger partial charge in [-0.15, -0.1) is 12.4 Å². The van der Waals surface area contributed by atoms with E-state index in [0.29, 0.717) is 0 Å². The Bertz CT molecular complexity index is 1250. The maximum absolute atomic E-state index is 13.3. The molecule has 0 unspecified atom stereocenters. The van der Waals surface area contributed by atoms with Gasteiger partial charge in [-0.3, -0.25) is 19.3 Å². The summed E-state index contributed by atoms with van der Waals surface area (Å²) in [4.78, 5) is 69.2. The number of aliphatic hydroxyl groups excluding tert-OH is 2. The Morgan fingerprint density at radius 2 is 1.61 bits per heavy atom. The number of phenolic OH excluding ortho intramolecular Hbond substituents is 1. The number of amides is 1. The number of phenols is 1. The number of benzene rings is 1. The van der Waals surface area contributed by atoms with Gasteiger partial charge in [0.1, 0.15) is 22.8 Å². The molecular formula is C22H29ClN2O12Si. The number of rotatable bonds is 2. The minimum absolute atomic E-state index is 0. The summed E-state index contributed by atoms with van der Waals surface area (Å²) in [6.45, 7) is 1.40. The molecule has 14 nitrogen and oxygen atoms in total. The molecule has 38 heavy (non-hydrogen) atoms. The van der Waals surface area contributed by atoms with Gasteiger partial charge in [-0.25, -0.2) is 0 Å². The quantitative estimate of drug-likeness (QED) is 0.130. The second kappa shape index (κ2) is 10.0. The lowest BCUT2D eigenvalue weighted by molar-refractivity contribution is -0.151. The highest BCUT2D eigenvalue weighted by Crippen LogP contribution is 2.56. The molecule has 3 aliphatic carbocycles. The van der Waals surface area contributed by atoms with Gasteiger partial charge in [0.05, 0.1) is 17.2 Å². The molecule has 1 aromatic carbocycles. The smallest absolute Gasteiger partial charge is 0.510 e. The largest absolute Gasteiger partial charge is 0.668 e. The van der Waals surface area contributed by atoms with E-state index in [2.05, 4.69) is 0 Å². The number of nitrogens with two attached hydrogens (primary N) is 1. The fourth-order valence-corrected chi connectivity index (χ4v) is 5.51. The number of carbonyl (C=O) groups excluding carboxylic acids is 3. The lowest BCUT2D eigenvalue weighted by Gasteiger charge is -2.52. The predicted molar refractivity (Wildman–Crippen MR) is 131 cm³/mol. The Kier molecular flexibility index (Phi) is 8.27. The SMILES string of the molecule is CN(C)[C@@H]1C(O)=C(C(N)=O)C(=O)[C@@]2(O)C(O)=C3C(=O)c4c(O)cccc4[C@@](C)(O)[C@H]3C[C@@H]12.Cl.O[Si](O)(O)O. The summed E-state index contributed by atoms with van der Waals surface area (Å²) < 4.78 is 0. The molecule has 0 heterocycles. The molecule has 0 saturated carbocycles. The number of aromatic hydroxyl groups is 1. The third-order valence-corrected chi connectivity index (χ3v) is 7.02. The average molecular weight is 577 g/mol. The highest BCUT2D eigenvalue weighted by atomic mass is 35.5. The van der Waals surface area contributed by atoms with Gasteiger partial charge < -0.3 is 50.4 Å². The molecule has 5 atom stereocenters. The van der Waals surface area contributed by atoms with Gasteiger partial charge in [-0.1, -0.05) is 12.1 Å². The van der Waals surface area contributed by atoms with Crippen molar-refractivity contribution in [3.63, 3.8) is 0 Å². The van der Waals surface area contributed by atoms with Crippen molar-refractivity contribution >= 4 is 38.9 Å². The summed E-state index contributed by atoms with van der Waals surface area (Å²) in [7, 11) is -1.55. The van der Waals surface area contributed by atoms with Crippen molar-refractivity contribution in [3.05, 3.63) is 52.0 Å². The van der Waals surface area contributed by atoms with E-state index in [1.165, 1.54) is 44.1 Å². The van der Waals surface area contributed by atoms with Gasteiger partial charge >= 0.3 is 9.05 Å². The maximum atomic E-state index is 13.3. The van der Waals surface area contributed by atoms with Crippen LogP contribution in [0.1, 0.15) is 29.3 Å². The second-order valence-electron chi connectivity index (χ2n) is 9.56. The number of hydrogen-bond acceptors (Lipinski definition) is 13. The first-order valence-corrected chi connectivity index (χ1v) is 12.7. The summed E-state index contributed by atoms with van der Waals surface area (Å²) in [5, 5.41) is 55.0. The molecule has 0 spiro atoms. The van der Waals surface area contributed by atoms with Gasteiger partial charge in [0.15, 0.2) is 11.4 Å². The number of ketones is 2. The number of likely N-dealkylation sites (N-methyl/N-ethyl adjacent to an activating group) is 1. The van der Waals surface area contributed by atoms with Crippen molar-refractivity contribution in [3.8, 4) is 5.75 Å². The van der Waals surface area contributed by atoms with Crippen molar-refractivity contribution in [1.82, 2.24) is 4.90 Å². The van der Waals surface area contributed by atoms with Crippen LogP contribution in [-0.4, -0.2) is 102 Å². The van der Waals surface area contributed by atoms with Gasteiger partial charge in [0, 0.05) is 17.4 Å². The fraction of sp³-hybridized carbons (Fsp3) is 0.409. The van der Waals surface area contributed by atoms with Crippen LogP contribution in [0.2, 0.25) is 0 Å². The van der Waals surface area contributed by atoms with Crippen LogP contribution < -0.4 is 5.73 Å². The Labute approximate surface area is 223 Å². The molecule has 0 fully saturated rings. The third-order valence-electron chi connectivity index (χ3n) is 7.02. The predicted octanol–water partition coefficient (Wildman–Crippen LogP) is -2.40. The Morgan fingerprint density at radius 1 is 1.08 bits per heavy atom. The first-order valence-electron chi connectivity index (χ1n) is 10.9. The number of halogens is 1. The lowest BCUT2D eigenvalue weighted by atomic mass is 9.55. The van der Waals surface area contributed by atoms with Gasteiger partial charge in [0.2, 0.25) is 5.78 Å². The highest BCUT2D eigenvalue weighted by molar-refractivity contribution is 6.46. The van der Waals surface area contributed by atoms with E-state index >= 15 is 0 Å². The molecule has 0 aliphatic heterocycles. The molecule has 210 valence electrons. The number of carbonyl (C=O) groups is 3. The van der Waals surface area contributed by atoms with Crippen molar-refractivity contribution in [1.29, 1.82) is 0 Å². The normalized spacial score (nSPS) is 30.5. The summed E-state index contributed by atoms with van der Waals surface area (Å²) in [5.74, 6) is -7.89. The van der Waals surface area contributed by atoms with Crippen molar-refractivity contribution in [2.24, 2.45) is 17.6 Å². The molecule has 1 aromatic rings. The summed E-state index contributed by atoms with van der Waals surface area (Å²) >= 11 is 0. The number of nitrogens with zero attached hydrogens (tertiary/aromatic N) is 1. The Morgan fingerprint density at radius 3 is 2.08 bits per heavy atom. The zero-order valence-corrected chi connectivity index (χ0v) is 22.2. The zero-order valence-electron chi connectivity index (χ0n) is 20.4. The van der Waals surface area contributed by atoms with Gasteiger partial charge in [-0.2, -0.15) is 0 Å². The van der Waals surface area contributed by atoms with Crippen LogP contribution in [0.3, 0.4) is 0 Å². The van der Waals surface area contributed by atoms with Crippen LogP contribution in [0.4, 0.5) is 0 Å². The second-order valence-corrected chi connectivity index (χ2v) is 10.8. The maximum Gasteiger partial charge on any atom is 0.668 e. The molecule has 1 amide bonds. The molecule has 0 bridgehead atoms. The van der Waals surface area contributed by atoms with Gasteiger partial charge in [-0.05, 0) is 39.1 Å². The molecule has 11 N–H and O–H groups in total. The topological polar surface area (TPSA) is 263 Å². The molecular weight excluding hydrogens is 548 g/mol. The van der Waals surface area contributed by atoms with Crippen molar-refractivity contribution in [2.45, 2.75) is 30.6 Å². The van der Waals surface area contributed by atoms with Crippen LogP contribution >= 0.6 is 12.4 Å². The first-order chi connectivity index (χ1) is 16.8. The third kappa shape index (κ3) is 4.72. The van der Waals surface area contributed by atoms with Crippen molar-refractivity contribution < 1.29 is 59.1 Å². The molecule has 0 radical (unpaired) electrons.